The largest absolute Gasteiger partial charge is 0.481 e. The Labute approximate surface area is 526 Å². The Balaban J connectivity index is 0.786. The van der Waals surface area contributed by atoms with E-state index in [9.17, 15) is 78.0 Å². The fourth-order valence-corrected chi connectivity index (χ4v) is 10.9. The summed E-state index contributed by atoms with van der Waals surface area (Å²) in [4.78, 5) is 161. The number of carboxylic acid groups (broad SMARTS) is 3. The average Bonchev–Trinajstić information content (AvgIpc) is 1.66. The van der Waals surface area contributed by atoms with Crippen LogP contribution in [0.3, 0.4) is 0 Å². The highest BCUT2D eigenvalue weighted by molar-refractivity contribution is 6.25. The number of aliphatic hydroxyl groups excluding tert-OH is 1. The third kappa shape index (κ3) is 24.2. The van der Waals surface area contributed by atoms with Crippen molar-refractivity contribution < 1.29 is 102 Å². The van der Waals surface area contributed by atoms with Crippen LogP contribution < -0.4 is 31.9 Å². The van der Waals surface area contributed by atoms with Crippen molar-refractivity contribution in [1.82, 2.24) is 61.0 Å². The Hall–Kier alpha value is -7.50. The summed E-state index contributed by atoms with van der Waals surface area (Å²) in [7, 11) is 0. The van der Waals surface area contributed by atoms with Crippen LogP contribution in [0.25, 0.3) is 5.57 Å². The molecule has 0 bridgehead atoms. The number of ketones is 1. The lowest BCUT2D eigenvalue weighted by molar-refractivity contribution is -0.155. The Morgan fingerprint density at radius 1 is 0.637 bits per heavy atom. The standard InChI is InChI=1S/C58H88N12O21/c1-3-37(2)52(57(85)62-41-7-11-70-10-6-38-28-39(29-40(53(38)70)54(41)82)55(83)63-43-30-51(81)91-58(43)86)64-46(73)36-90-27-25-87-22-8-59-45(72)35-89-26-24-88-23-9-60-56(84)42(4-5-48(75)76)61-44(71)31-65-18-20-69(21-19-65)47(74)32-66-12-14-67(33-49(77)78)16-17-68(15-13-66)34-50(79)80/h6,10,29,37,39,41-43,52,58,86H,3-5,7-9,11-28,30-36H2,1-2H3,(H,59,72)(H,60,84)(H,61,71)(H,62,85)(H,63,83)(H,64,73)(H,75,76)(H,77,78)(H,79,80)/t37?,39-,41-,42?,43?,52?,58?/m0/s1. The second-order valence-electron chi connectivity index (χ2n) is 22.9. The summed E-state index contributed by atoms with van der Waals surface area (Å²) >= 11 is 0. The van der Waals surface area contributed by atoms with Crippen LogP contribution in [-0.2, 0) is 94.2 Å². The third-order valence-corrected chi connectivity index (χ3v) is 16.1. The van der Waals surface area contributed by atoms with Crippen molar-refractivity contribution in [3.8, 4) is 0 Å². The smallest absolute Gasteiger partial charge is 0.317 e. The van der Waals surface area contributed by atoms with E-state index in [1.165, 1.54) is 0 Å². The highest BCUT2D eigenvalue weighted by atomic mass is 16.6. The summed E-state index contributed by atoms with van der Waals surface area (Å²) in [5, 5.41) is 54.1. The van der Waals surface area contributed by atoms with Gasteiger partial charge in [0.05, 0.1) is 89.9 Å². The average molecular weight is 1290 g/mol. The van der Waals surface area contributed by atoms with Crippen molar-refractivity contribution in [1.29, 1.82) is 0 Å². The van der Waals surface area contributed by atoms with Crippen molar-refractivity contribution in [3.05, 3.63) is 29.6 Å². The van der Waals surface area contributed by atoms with Crippen molar-refractivity contribution in [3.63, 3.8) is 0 Å². The van der Waals surface area contributed by atoms with E-state index in [1.807, 2.05) is 33.6 Å². The van der Waals surface area contributed by atoms with Gasteiger partial charge in [-0.3, -0.25) is 77.1 Å². The van der Waals surface area contributed by atoms with E-state index in [2.05, 4.69) is 31.9 Å². The monoisotopic (exact) mass is 1290 g/mol. The van der Waals surface area contributed by atoms with Crippen molar-refractivity contribution in [2.45, 2.75) is 89.4 Å². The predicted octanol–water partition coefficient (Wildman–Crippen LogP) is -5.34. The number of aryl methyl sites for hydroxylation is 1. The number of amides is 7. The van der Waals surface area contributed by atoms with Crippen LogP contribution in [0.5, 0.6) is 0 Å². The minimum atomic E-state index is -1.48. The molecule has 10 N–H and O–H groups in total. The molecule has 506 valence electrons. The number of Topliss-reactive ketones (excluding diaryl/α,β-unsaturated/α-hetero) is 1. The van der Waals surface area contributed by atoms with Gasteiger partial charge in [0.25, 0.3) is 0 Å². The number of aromatic nitrogens is 1. The van der Waals surface area contributed by atoms with Gasteiger partial charge in [-0.05, 0) is 36.8 Å². The maximum atomic E-state index is 14.1. The van der Waals surface area contributed by atoms with Gasteiger partial charge in [0.2, 0.25) is 47.6 Å². The van der Waals surface area contributed by atoms with Gasteiger partial charge in [-0.25, -0.2) is 0 Å². The summed E-state index contributed by atoms with van der Waals surface area (Å²) in [6.45, 7) is 7.14. The summed E-state index contributed by atoms with van der Waals surface area (Å²) in [5.41, 5.74) is 1.69. The molecule has 6 rings (SSSR count). The second kappa shape index (κ2) is 37.1. The number of hydrogen-bond donors (Lipinski definition) is 10. The molecule has 3 fully saturated rings. The van der Waals surface area contributed by atoms with E-state index < -0.39 is 101 Å². The number of carbonyl (C=O) groups excluding carboxylic acids is 9. The molecule has 7 atom stereocenters. The normalized spacial score (nSPS) is 21.0. The molecule has 33 nitrogen and oxygen atoms in total. The van der Waals surface area contributed by atoms with Crippen molar-refractivity contribution in [2.24, 2.45) is 11.8 Å². The number of cyclic esters (lactones) is 1. The van der Waals surface area contributed by atoms with E-state index in [4.69, 9.17) is 23.7 Å². The molecule has 5 heterocycles. The summed E-state index contributed by atoms with van der Waals surface area (Å²) in [6, 6.07) is -2.21. The van der Waals surface area contributed by atoms with Gasteiger partial charge in [-0.2, -0.15) is 0 Å². The molecule has 0 aromatic carbocycles. The number of nitrogens with zero attached hydrogens (tertiary/aromatic N) is 6. The molecule has 1 aliphatic carbocycles. The van der Waals surface area contributed by atoms with Crippen molar-refractivity contribution >= 4 is 76.6 Å². The summed E-state index contributed by atoms with van der Waals surface area (Å²) in [5.74, 6) is -8.65. The number of rotatable bonds is 36. The number of carbonyl (C=O) groups is 12. The van der Waals surface area contributed by atoms with Gasteiger partial charge in [0, 0.05) is 103 Å². The number of aliphatic hydroxyl groups is 1. The van der Waals surface area contributed by atoms with Crippen LogP contribution in [0.1, 0.15) is 57.2 Å². The van der Waals surface area contributed by atoms with E-state index in [1.54, 1.807) is 27.7 Å². The van der Waals surface area contributed by atoms with E-state index >= 15 is 0 Å². The topological polar surface area (TPSA) is 425 Å². The molecule has 3 saturated heterocycles. The Morgan fingerprint density at radius 2 is 1.21 bits per heavy atom. The number of ether oxygens (including phenoxy) is 5. The zero-order valence-electron chi connectivity index (χ0n) is 51.6. The molecular weight excluding hydrogens is 1200 g/mol. The lowest BCUT2D eigenvalue weighted by Crippen LogP contribution is -2.55. The number of hydrogen-bond acceptors (Lipinski definition) is 22. The molecule has 5 unspecified atom stereocenters. The number of piperazine rings is 1. The molecule has 4 aliphatic heterocycles. The van der Waals surface area contributed by atoms with Crippen molar-refractivity contribution in [2.75, 3.05) is 158 Å². The van der Waals surface area contributed by atoms with Gasteiger partial charge in [0.1, 0.15) is 31.3 Å². The molecule has 1 aromatic heterocycles. The minimum Gasteiger partial charge on any atom is -0.481 e. The number of esters is 1. The van der Waals surface area contributed by atoms with Crippen LogP contribution in [0.2, 0.25) is 0 Å². The van der Waals surface area contributed by atoms with Crippen LogP contribution in [0.4, 0.5) is 0 Å². The molecule has 91 heavy (non-hydrogen) atoms. The molecular formula is C58H88N12O21. The first-order valence-electron chi connectivity index (χ1n) is 30.8. The van der Waals surface area contributed by atoms with Gasteiger partial charge >= 0.3 is 23.9 Å². The van der Waals surface area contributed by atoms with Crippen LogP contribution in [0.15, 0.2) is 18.3 Å². The van der Waals surface area contributed by atoms with Gasteiger partial charge in [-0.1, -0.05) is 26.3 Å². The Kier molecular flexibility index (Phi) is 29.6. The molecule has 0 radical (unpaired) electrons. The SMILES string of the molecule is CCC(C)C(NC(=O)COCCOCCNC(=O)COCCOCCNC(=O)C(CCC(=O)O)NC(=O)CN1CCN(C(=O)CN2CCN(CC(=O)O)CCN(CC(=O)O)CC2)CC1)C(=O)N[C@H]1CCn2ccc3c2C(=C[C@@H](C(=O)NC2CC(=O)OC2O)C3)C1=O. The fourth-order valence-electron chi connectivity index (χ4n) is 10.9. The molecule has 0 saturated carbocycles. The first-order chi connectivity index (χ1) is 43.6. The highest BCUT2D eigenvalue weighted by Crippen LogP contribution is 2.35. The number of aliphatic carboxylic acids is 3. The molecule has 0 spiro atoms. The van der Waals surface area contributed by atoms with Crippen LogP contribution in [0, 0.1) is 11.8 Å². The maximum absolute atomic E-state index is 14.1. The molecule has 5 aliphatic rings. The lowest BCUT2D eigenvalue weighted by atomic mass is 9.85. The minimum absolute atomic E-state index is 0.0215. The highest BCUT2D eigenvalue weighted by Gasteiger charge is 2.40. The first-order valence-corrected chi connectivity index (χ1v) is 30.8. The summed E-state index contributed by atoms with van der Waals surface area (Å²) < 4.78 is 28.4. The maximum Gasteiger partial charge on any atom is 0.317 e. The first kappa shape index (κ1) is 72.6. The van der Waals surface area contributed by atoms with E-state index in [-0.39, 0.29) is 142 Å². The zero-order valence-corrected chi connectivity index (χ0v) is 51.6. The quantitative estimate of drug-likeness (QED) is 0.0222. The van der Waals surface area contributed by atoms with Gasteiger partial charge < -0.3 is 85.5 Å². The Bertz CT molecular complexity index is 2710. The number of carboxylic acids is 3. The van der Waals surface area contributed by atoms with E-state index in [0.29, 0.717) is 84.1 Å². The zero-order chi connectivity index (χ0) is 66.0. The fraction of sp³-hybridized carbons (Fsp3) is 0.690. The Morgan fingerprint density at radius 3 is 1.79 bits per heavy atom. The molecule has 1 aromatic rings. The predicted molar refractivity (Wildman–Crippen MR) is 317 cm³/mol. The second-order valence-corrected chi connectivity index (χ2v) is 22.9. The third-order valence-electron chi connectivity index (χ3n) is 16.1. The van der Waals surface area contributed by atoms with Gasteiger partial charge in [-0.15, -0.1) is 0 Å². The van der Waals surface area contributed by atoms with Gasteiger partial charge in [0.15, 0.2) is 5.78 Å². The number of nitrogens with one attached hydrogen (secondary N) is 6. The molecule has 33 heteroatoms. The van der Waals surface area contributed by atoms with E-state index in [0.717, 1.165) is 5.56 Å². The van der Waals surface area contributed by atoms with Crippen LogP contribution >= 0.6 is 0 Å². The summed E-state index contributed by atoms with van der Waals surface area (Å²) in [6.07, 6.45) is 2.21. The molecule has 7 amide bonds. The lowest BCUT2D eigenvalue weighted by Gasteiger charge is -2.36. The van der Waals surface area contributed by atoms with Crippen LogP contribution in [-0.4, -0.2) is 309 Å².